The van der Waals surface area contributed by atoms with Crippen molar-refractivity contribution in [3.63, 3.8) is 0 Å². The molecule has 1 aliphatic carbocycles. The molecule has 1 unspecified atom stereocenters. The van der Waals surface area contributed by atoms with Gasteiger partial charge in [0, 0.05) is 22.3 Å². The van der Waals surface area contributed by atoms with Gasteiger partial charge in [0.05, 0.1) is 4.91 Å². The minimum atomic E-state index is -0.142. The first-order valence-electron chi connectivity index (χ1n) is 12.6. The Morgan fingerprint density at radius 2 is 1.81 bits per heavy atom. The molecule has 1 heterocycles. The standard InChI is InChI=1S/C30H31ClN2O2S/c1-21-10-5-7-16-26(21)33-29(34)28(36-30(33)32-25-14-3-2-4-15-25)19-23-12-6-8-17-27(23)35-20-22-11-9-13-24(31)18-22/h2-4,6,8-9,11-15,17-19,21,26,30,32H,5,7,10,16,20H2,1H3/b28-19-/t21-,26+,30?/m1/s1. The van der Waals surface area contributed by atoms with Crippen molar-refractivity contribution in [1.82, 2.24) is 4.90 Å². The van der Waals surface area contributed by atoms with Crippen LogP contribution in [0.2, 0.25) is 5.02 Å². The van der Waals surface area contributed by atoms with E-state index in [1.807, 2.05) is 84.9 Å². The predicted molar refractivity (Wildman–Crippen MR) is 150 cm³/mol. The first-order valence-corrected chi connectivity index (χ1v) is 13.8. The maximum Gasteiger partial charge on any atom is 0.262 e. The number of ether oxygens (including phenoxy) is 1. The summed E-state index contributed by atoms with van der Waals surface area (Å²) in [5.74, 6) is 1.32. The van der Waals surface area contributed by atoms with Crippen molar-refractivity contribution in [2.75, 3.05) is 5.32 Å². The molecule has 36 heavy (non-hydrogen) atoms. The van der Waals surface area contributed by atoms with Crippen LogP contribution in [0.3, 0.4) is 0 Å². The van der Waals surface area contributed by atoms with Crippen molar-refractivity contribution in [3.8, 4) is 5.75 Å². The van der Waals surface area contributed by atoms with Gasteiger partial charge in [-0.15, -0.1) is 0 Å². The summed E-state index contributed by atoms with van der Waals surface area (Å²) in [5, 5.41) is 4.29. The maximum atomic E-state index is 13.8. The molecule has 5 rings (SSSR count). The summed E-state index contributed by atoms with van der Waals surface area (Å²) in [5.41, 5.74) is 2.77. The number of benzene rings is 3. The molecule has 1 amide bonds. The van der Waals surface area contributed by atoms with E-state index in [1.165, 1.54) is 12.8 Å². The molecule has 0 radical (unpaired) electrons. The van der Waals surface area contributed by atoms with Crippen LogP contribution < -0.4 is 10.1 Å². The molecule has 3 aromatic carbocycles. The van der Waals surface area contributed by atoms with Gasteiger partial charge in [-0.2, -0.15) is 0 Å². The summed E-state index contributed by atoms with van der Waals surface area (Å²) in [7, 11) is 0. The highest BCUT2D eigenvalue weighted by Crippen LogP contribution is 2.42. The third-order valence-electron chi connectivity index (χ3n) is 6.91. The van der Waals surface area contributed by atoms with Crippen LogP contribution in [0.4, 0.5) is 5.69 Å². The highest BCUT2D eigenvalue weighted by atomic mass is 35.5. The van der Waals surface area contributed by atoms with Gasteiger partial charge in [0.25, 0.3) is 5.91 Å². The van der Waals surface area contributed by atoms with Gasteiger partial charge in [0.1, 0.15) is 12.4 Å². The van der Waals surface area contributed by atoms with Gasteiger partial charge in [-0.05, 0) is 60.7 Å². The molecule has 3 atom stereocenters. The average Bonchev–Trinajstić information content (AvgIpc) is 3.18. The number of amides is 1. The van der Waals surface area contributed by atoms with E-state index in [9.17, 15) is 4.79 Å². The van der Waals surface area contributed by atoms with E-state index in [0.29, 0.717) is 17.5 Å². The molecule has 4 nitrogen and oxygen atoms in total. The predicted octanol–water partition coefficient (Wildman–Crippen LogP) is 7.81. The van der Waals surface area contributed by atoms with E-state index in [-0.39, 0.29) is 17.4 Å². The van der Waals surface area contributed by atoms with Gasteiger partial charge in [0.2, 0.25) is 0 Å². The zero-order valence-electron chi connectivity index (χ0n) is 20.4. The van der Waals surface area contributed by atoms with Gasteiger partial charge in [-0.1, -0.05) is 91.7 Å². The zero-order chi connectivity index (χ0) is 24.9. The Morgan fingerprint density at radius 3 is 2.61 bits per heavy atom. The van der Waals surface area contributed by atoms with E-state index in [2.05, 4.69) is 17.1 Å². The van der Waals surface area contributed by atoms with Crippen LogP contribution in [0.25, 0.3) is 6.08 Å². The van der Waals surface area contributed by atoms with E-state index < -0.39 is 0 Å². The zero-order valence-corrected chi connectivity index (χ0v) is 22.0. The van der Waals surface area contributed by atoms with Gasteiger partial charge in [-0.3, -0.25) is 4.79 Å². The summed E-state index contributed by atoms with van der Waals surface area (Å²) in [6, 6.07) is 25.9. The van der Waals surface area contributed by atoms with Crippen LogP contribution in [0.5, 0.6) is 5.75 Å². The van der Waals surface area contributed by atoms with Crippen LogP contribution >= 0.6 is 23.4 Å². The molecule has 1 N–H and O–H groups in total. The highest BCUT2D eigenvalue weighted by molar-refractivity contribution is 8.05. The fraction of sp³-hybridized carbons (Fsp3) is 0.300. The van der Waals surface area contributed by atoms with E-state index in [0.717, 1.165) is 40.3 Å². The lowest BCUT2D eigenvalue weighted by Crippen LogP contribution is -2.48. The lowest BCUT2D eigenvalue weighted by molar-refractivity contribution is -0.129. The van der Waals surface area contributed by atoms with E-state index >= 15 is 0 Å². The molecule has 6 heteroatoms. The number of anilines is 1. The maximum absolute atomic E-state index is 13.8. The Balaban J connectivity index is 1.41. The summed E-state index contributed by atoms with van der Waals surface area (Å²) in [4.78, 5) is 16.6. The third-order valence-corrected chi connectivity index (χ3v) is 8.26. The monoisotopic (exact) mass is 518 g/mol. The minimum Gasteiger partial charge on any atom is -0.488 e. The fourth-order valence-electron chi connectivity index (χ4n) is 5.03. The largest absolute Gasteiger partial charge is 0.488 e. The summed E-state index contributed by atoms with van der Waals surface area (Å²) >= 11 is 7.72. The van der Waals surface area contributed by atoms with Crippen LogP contribution in [-0.2, 0) is 11.4 Å². The number of nitrogens with one attached hydrogen (secondary N) is 1. The van der Waals surface area contributed by atoms with Crippen molar-refractivity contribution < 1.29 is 9.53 Å². The normalized spacial score (nSPS) is 23.2. The van der Waals surface area contributed by atoms with Gasteiger partial charge < -0.3 is 15.0 Å². The molecule has 2 aliphatic rings. The van der Waals surface area contributed by atoms with Crippen molar-refractivity contribution in [2.45, 2.75) is 50.8 Å². The number of carbonyl (C=O) groups excluding carboxylic acids is 1. The van der Waals surface area contributed by atoms with Crippen LogP contribution in [0.15, 0.2) is 83.8 Å². The SMILES string of the molecule is C[C@@H]1CCCC[C@@H]1N1C(=O)/C(=C/c2ccccc2OCc2cccc(Cl)c2)SC1Nc1ccccc1. The second kappa shape index (κ2) is 11.4. The van der Waals surface area contributed by atoms with Crippen molar-refractivity contribution in [3.05, 3.63) is 99.9 Å². The smallest absolute Gasteiger partial charge is 0.262 e. The number of hydrogen-bond acceptors (Lipinski definition) is 4. The Hall–Kier alpha value is -2.89. The first-order chi connectivity index (χ1) is 17.6. The van der Waals surface area contributed by atoms with Crippen molar-refractivity contribution in [1.29, 1.82) is 0 Å². The number of rotatable bonds is 7. The highest BCUT2D eigenvalue weighted by Gasteiger charge is 2.43. The third kappa shape index (κ3) is 5.74. The molecule has 186 valence electrons. The quantitative estimate of drug-likeness (QED) is 0.324. The van der Waals surface area contributed by atoms with Crippen LogP contribution in [-0.4, -0.2) is 22.3 Å². The number of hydrogen-bond donors (Lipinski definition) is 1. The second-order valence-corrected chi connectivity index (χ2v) is 11.0. The molecular formula is C30H31ClN2O2S. The number of carbonyl (C=O) groups is 1. The number of thioether (sulfide) groups is 1. The Morgan fingerprint density at radius 1 is 1.03 bits per heavy atom. The summed E-state index contributed by atoms with van der Waals surface area (Å²) in [6.45, 7) is 2.69. The van der Waals surface area contributed by atoms with Crippen molar-refractivity contribution in [2.24, 2.45) is 5.92 Å². The molecule has 0 spiro atoms. The lowest BCUT2D eigenvalue weighted by atomic mass is 9.85. The van der Waals surface area contributed by atoms with Crippen LogP contribution in [0, 0.1) is 5.92 Å². The molecule has 3 aromatic rings. The molecule has 0 bridgehead atoms. The first kappa shape index (κ1) is 24.8. The summed E-state index contributed by atoms with van der Waals surface area (Å²) in [6.07, 6.45) is 6.60. The average molecular weight is 519 g/mol. The lowest BCUT2D eigenvalue weighted by Gasteiger charge is -2.39. The topological polar surface area (TPSA) is 41.6 Å². The number of para-hydroxylation sites is 2. The van der Waals surface area contributed by atoms with Crippen LogP contribution in [0.1, 0.15) is 43.7 Å². The van der Waals surface area contributed by atoms with Gasteiger partial charge in [0.15, 0.2) is 5.50 Å². The molecule has 1 aliphatic heterocycles. The molecular weight excluding hydrogens is 488 g/mol. The van der Waals surface area contributed by atoms with E-state index in [4.69, 9.17) is 16.3 Å². The summed E-state index contributed by atoms with van der Waals surface area (Å²) < 4.78 is 6.15. The Labute approximate surface area is 222 Å². The van der Waals surface area contributed by atoms with Gasteiger partial charge in [-0.25, -0.2) is 0 Å². The van der Waals surface area contributed by atoms with E-state index in [1.54, 1.807) is 11.8 Å². The molecule has 1 saturated carbocycles. The van der Waals surface area contributed by atoms with Crippen molar-refractivity contribution >= 4 is 41.0 Å². The second-order valence-electron chi connectivity index (χ2n) is 9.49. The van der Waals surface area contributed by atoms with Gasteiger partial charge >= 0.3 is 0 Å². The Kier molecular flexibility index (Phi) is 7.88. The molecule has 2 fully saturated rings. The fourth-order valence-corrected chi connectivity index (χ4v) is 6.44. The minimum absolute atomic E-state index is 0.0943. The molecule has 0 aromatic heterocycles. The molecule has 1 saturated heterocycles. The number of nitrogens with zero attached hydrogens (tertiary/aromatic N) is 1. The Bertz CT molecular complexity index is 1230. The number of halogens is 1.